The first-order chi connectivity index (χ1) is 8.08. The second-order valence-electron chi connectivity index (χ2n) is 5.40. The standard InChI is InChI=1S/C12H22O4S2/c1-7(4-5-8(13)14)10(17)11(18)12(2,3)6-9(15)16/h7,10-11,17-18H,4-6H2,1-3H3,(H,13,14)(H,15,16). The summed E-state index contributed by atoms with van der Waals surface area (Å²) in [7, 11) is 0. The molecule has 106 valence electrons. The molecule has 18 heavy (non-hydrogen) atoms. The van der Waals surface area contributed by atoms with Crippen molar-refractivity contribution in [1.82, 2.24) is 0 Å². The van der Waals surface area contributed by atoms with E-state index >= 15 is 0 Å². The van der Waals surface area contributed by atoms with Crippen LogP contribution in [0.3, 0.4) is 0 Å². The molecule has 2 N–H and O–H groups in total. The maximum absolute atomic E-state index is 10.8. The van der Waals surface area contributed by atoms with Gasteiger partial charge < -0.3 is 10.2 Å². The van der Waals surface area contributed by atoms with Crippen molar-refractivity contribution in [3.05, 3.63) is 0 Å². The fourth-order valence-electron chi connectivity index (χ4n) is 1.79. The molecule has 0 spiro atoms. The average molecular weight is 294 g/mol. The summed E-state index contributed by atoms with van der Waals surface area (Å²) in [6.07, 6.45) is 0.631. The molecule has 0 amide bonds. The molecule has 0 aromatic rings. The fraction of sp³-hybridized carbons (Fsp3) is 0.833. The molecule has 0 aliphatic carbocycles. The third-order valence-electron chi connectivity index (χ3n) is 3.13. The molecule has 0 heterocycles. The van der Waals surface area contributed by atoms with Gasteiger partial charge in [-0.1, -0.05) is 20.8 Å². The van der Waals surface area contributed by atoms with Gasteiger partial charge in [-0.25, -0.2) is 0 Å². The van der Waals surface area contributed by atoms with E-state index in [4.69, 9.17) is 10.2 Å². The van der Waals surface area contributed by atoms with E-state index in [0.717, 1.165) is 0 Å². The Labute approximate surface area is 119 Å². The number of aliphatic carboxylic acids is 2. The third-order valence-corrected chi connectivity index (χ3v) is 5.19. The van der Waals surface area contributed by atoms with Crippen LogP contribution in [0.4, 0.5) is 0 Å². The van der Waals surface area contributed by atoms with Gasteiger partial charge >= 0.3 is 11.9 Å². The minimum absolute atomic E-state index is 0.0177. The molecule has 3 unspecified atom stereocenters. The third kappa shape index (κ3) is 6.00. The summed E-state index contributed by atoms with van der Waals surface area (Å²) in [6.45, 7) is 5.60. The van der Waals surface area contributed by atoms with Gasteiger partial charge in [-0.3, -0.25) is 9.59 Å². The van der Waals surface area contributed by atoms with Crippen LogP contribution in [0.15, 0.2) is 0 Å². The lowest BCUT2D eigenvalue weighted by atomic mass is 9.80. The maximum Gasteiger partial charge on any atom is 0.303 e. The number of thiol groups is 2. The molecule has 4 nitrogen and oxygen atoms in total. The first-order valence-electron chi connectivity index (χ1n) is 5.87. The molecule has 0 fully saturated rings. The number of carboxylic acid groups (broad SMARTS) is 2. The van der Waals surface area contributed by atoms with Gasteiger partial charge in [0.05, 0.1) is 6.42 Å². The smallest absolute Gasteiger partial charge is 0.303 e. The van der Waals surface area contributed by atoms with Gasteiger partial charge in [-0.2, -0.15) is 25.3 Å². The zero-order valence-corrected chi connectivity index (χ0v) is 12.7. The van der Waals surface area contributed by atoms with Crippen LogP contribution in [0.5, 0.6) is 0 Å². The molecule has 0 saturated heterocycles. The molecule has 0 rings (SSSR count). The Balaban J connectivity index is 4.51. The van der Waals surface area contributed by atoms with Crippen LogP contribution >= 0.6 is 25.3 Å². The van der Waals surface area contributed by atoms with Crippen molar-refractivity contribution in [2.24, 2.45) is 11.3 Å². The van der Waals surface area contributed by atoms with Crippen molar-refractivity contribution >= 4 is 37.2 Å². The Morgan fingerprint density at radius 3 is 2.06 bits per heavy atom. The van der Waals surface area contributed by atoms with Crippen LogP contribution < -0.4 is 0 Å². The Morgan fingerprint density at radius 1 is 1.17 bits per heavy atom. The summed E-state index contributed by atoms with van der Waals surface area (Å²) in [4.78, 5) is 21.3. The van der Waals surface area contributed by atoms with Gasteiger partial charge in [0.25, 0.3) is 0 Å². The van der Waals surface area contributed by atoms with Gasteiger partial charge in [0, 0.05) is 16.9 Å². The van der Waals surface area contributed by atoms with E-state index < -0.39 is 17.4 Å². The molecule has 0 aliphatic heterocycles. The molecule has 3 atom stereocenters. The van der Waals surface area contributed by atoms with Crippen LogP contribution in [0.25, 0.3) is 0 Å². The van der Waals surface area contributed by atoms with E-state index in [0.29, 0.717) is 6.42 Å². The Hall–Kier alpha value is -0.360. The first kappa shape index (κ1) is 17.6. The van der Waals surface area contributed by atoms with Crippen molar-refractivity contribution in [3.8, 4) is 0 Å². The molecular formula is C12H22O4S2. The summed E-state index contributed by atoms with van der Waals surface area (Å²) in [6, 6.07) is 0. The highest BCUT2D eigenvalue weighted by Gasteiger charge is 2.35. The number of hydrogen-bond acceptors (Lipinski definition) is 4. The largest absolute Gasteiger partial charge is 0.481 e. The van der Waals surface area contributed by atoms with Gasteiger partial charge in [-0.05, 0) is 17.8 Å². The highest BCUT2D eigenvalue weighted by atomic mass is 32.1. The molecule has 0 bridgehead atoms. The molecule has 0 aromatic carbocycles. The zero-order chi connectivity index (χ0) is 14.5. The molecule has 0 saturated carbocycles. The van der Waals surface area contributed by atoms with E-state index in [1.165, 1.54) is 0 Å². The summed E-state index contributed by atoms with van der Waals surface area (Å²) in [5.41, 5.74) is -0.487. The van der Waals surface area contributed by atoms with Crippen molar-refractivity contribution in [2.75, 3.05) is 0 Å². The van der Waals surface area contributed by atoms with E-state index in [-0.39, 0.29) is 29.3 Å². The summed E-state index contributed by atoms with van der Waals surface area (Å²) >= 11 is 8.95. The second kappa shape index (κ2) is 7.28. The fourth-order valence-corrected chi connectivity index (χ4v) is 2.73. The van der Waals surface area contributed by atoms with Crippen molar-refractivity contribution < 1.29 is 19.8 Å². The van der Waals surface area contributed by atoms with E-state index in [1.54, 1.807) is 0 Å². The summed E-state index contributed by atoms with van der Waals surface area (Å²) < 4.78 is 0. The summed E-state index contributed by atoms with van der Waals surface area (Å²) in [5.74, 6) is -1.62. The molecule has 0 aromatic heterocycles. The highest BCUT2D eigenvalue weighted by Crippen LogP contribution is 2.37. The van der Waals surface area contributed by atoms with Gasteiger partial charge in [0.15, 0.2) is 0 Å². The maximum atomic E-state index is 10.8. The molecule has 0 radical (unpaired) electrons. The van der Waals surface area contributed by atoms with E-state index in [1.807, 2.05) is 20.8 Å². The quantitative estimate of drug-likeness (QED) is 0.519. The minimum atomic E-state index is -0.863. The van der Waals surface area contributed by atoms with Crippen molar-refractivity contribution in [2.45, 2.75) is 50.5 Å². The van der Waals surface area contributed by atoms with Crippen molar-refractivity contribution in [3.63, 3.8) is 0 Å². The first-order valence-corrected chi connectivity index (χ1v) is 6.91. The predicted octanol–water partition coefficient (Wildman–Crippen LogP) is 2.58. The minimum Gasteiger partial charge on any atom is -0.481 e. The Kier molecular flexibility index (Phi) is 7.14. The number of carboxylic acids is 2. The monoisotopic (exact) mass is 294 g/mol. The second-order valence-corrected chi connectivity index (χ2v) is 6.56. The Morgan fingerprint density at radius 2 is 1.67 bits per heavy atom. The molecule has 6 heteroatoms. The molecule has 0 aliphatic rings. The SMILES string of the molecule is CC(CCC(=O)O)C(S)C(S)C(C)(C)CC(=O)O. The van der Waals surface area contributed by atoms with Crippen LogP contribution in [-0.4, -0.2) is 32.7 Å². The van der Waals surface area contributed by atoms with E-state index in [2.05, 4.69) is 25.3 Å². The number of rotatable bonds is 8. The predicted molar refractivity (Wildman–Crippen MR) is 77.6 cm³/mol. The zero-order valence-electron chi connectivity index (χ0n) is 11.0. The summed E-state index contributed by atoms with van der Waals surface area (Å²) in [5, 5.41) is 17.2. The lowest BCUT2D eigenvalue weighted by Gasteiger charge is -2.36. The molecular weight excluding hydrogens is 272 g/mol. The number of carbonyl (C=O) groups is 2. The van der Waals surface area contributed by atoms with Crippen LogP contribution in [0.2, 0.25) is 0 Å². The highest BCUT2D eigenvalue weighted by molar-refractivity contribution is 7.85. The van der Waals surface area contributed by atoms with Crippen LogP contribution in [0.1, 0.15) is 40.0 Å². The van der Waals surface area contributed by atoms with Gasteiger partial charge in [0.2, 0.25) is 0 Å². The topological polar surface area (TPSA) is 74.6 Å². The van der Waals surface area contributed by atoms with E-state index in [9.17, 15) is 9.59 Å². The number of hydrogen-bond donors (Lipinski definition) is 4. The lowest BCUT2D eigenvalue weighted by Crippen LogP contribution is -2.37. The van der Waals surface area contributed by atoms with Gasteiger partial charge in [0.1, 0.15) is 0 Å². The van der Waals surface area contributed by atoms with Crippen LogP contribution in [-0.2, 0) is 9.59 Å². The van der Waals surface area contributed by atoms with Crippen molar-refractivity contribution in [1.29, 1.82) is 0 Å². The van der Waals surface area contributed by atoms with Crippen LogP contribution in [0, 0.1) is 11.3 Å². The van der Waals surface area contributed by atoms with Gasteiger partial charge in [-0.15, -0.1) is 0 Å². The normalized spacial score (nSPS) is 16.9. The lowest BCUT2D eigenvalue weighted by molar-refractivity contribution is -0.139. The Bertz CT molecular complexity index is 304. The average Bonchev–Trinajstić information content (AvgIpc) is 2.21.